The molecule has 42 heavy (non-hydrogen) atoms. The van der Waals surface area contributed by atoms with Crippen LogP contribution in [0.2, 0.25) is 0 Å². The largest absolute Gasteiger partial charge is 0.494 e. The summed E-state index contributed by atoms with van der Waals surface area (Å²) >= 11 is 1.01. The van der Waals surface area contributed by atoms with E-state index in [9.17, 15) is 19.1 Å². The highest BCUT2D eigenvalue weighted by molar-refractivity contribution is 7.00. The minimum Gasteiger partial charge on any atom is -0.494 e. The average Bonchev–Trinajstić information content (AvgIpc) is 3.68. The molecular weight excluding hydrogens is 563 g/mol. The summed E-state index contributed by atoms with van der Waals surface area (Å²) in [6, 6.07) is 10.4. The van der Waals surface area contributed by atoms with E-state index < -0.39 is 17.6 Å². The van der Waals surface area contributed by atoms with Crippen molar-refractivity contribution in [1.29, 1.82) is 0 Å². The van der Waals surface area contributed by atoms with Gasteiger partial charge >= 0.3 is 5.97 Å². The number of carboxylic acids is 1. The third kappa shape index (κ3) is 5.91. The minimum atomic E-state index is -1.32. The second-order valence-electron chi connectivity index (χ2n) is 10.0. The number of ether oxygens (including phenoxy) is 4. The summed E-state index contributed by atoms with van der Waals surface area (Å²) in [6.45, 7) is 2.32. The first-order valence-corrected chi connectivity index (χ1v) is 13.9. The standard InChI is InChI=1S/C31H29FN2O7S/c1-16-9-20(14-23-28(16)34-42-33-23)27(31(36)37)21(29(35)19-7-8-24(38-2)22(32)13-19)10-18-11-25(39-3)30(26(12-18)40-4)41-15-17-5-6-17/h7-9,11-14,17H,5-6,10,15H2,1-4H3,(H,36,37). The maximum Gasteiger partial charge on any atom is 0.336 e. The highest BCUT2D eigenvalue weighted by Gasteiger charge is 2.28. The summed E-state index contributed by atoms with van der Waals surface area (Å²) in [7, 11) is 4.30. The van der Waals surface area contributed by atoms with E-state index >= 15 is 0 Å². The number of methoxy groups -OCH3 is 3. The van der Waals surface area contributed by atoms with E-state index in [1.165, 1.54) is 33.5 Å². The fourth-order valence-corrected chi connectivity index (χ4v) is 5.35. The van der Waals surface area contributed by atoms with Crippen LogP contribution in [0.15, 0.2) is 48.0 Å². The van der Waals surface area contributed by atoms with Crippen molar-refractivity contribution in [2.75, 3.05) is 27.9 Å². The molecule has 1 aromatic heterocycles. The Kier molecular flexibility index (Phi) is 8.39. The predicted octanol–water partition coefficient (Wildman–Crippen LogP) is 5.92. The fourth-order valence-electron chi connectivity index (χ4n) is 4.76. The molecule has 9 nitrogen and oxygen atoms in total. The third-order valence-corrected chi connectivity index (χ3v) is 7.65. The molecule has 1 N–H and O–H groups in total. The number of carbonyl (C=O) groups is 2. The van der Waals surface area contributed by atoms with Crippen LogP contribution in [-0.2, 0) is 11.2 Å². The van der Waals surface area contributed by atoms with Crippen LogP contribution in [0.5, 0.6) is 23.0 Å². The number of aromatic nitrogens is 2. The highest BCUT2D eigenvalue weighted by atomic mass is 32.1. The minimum absolute atomic E-state index is 0.0292. The molecule has 1 aliphatic rings. The van der Waals surface area contributed by atoms with Gasteiger partial charge in [-0.25, -0.2) is 9.18 Å². The van der Waals surface area contributed by atoms with Gasteiger partial charge in [0.05, 0.1) is 45.2 Å². The summed E-state index contributed by atoms with van der Waals surface area (Å²) in [5.74, 6) is -1.07. The number of carboxylic acid groups (broad SMARTS) is 1. The van der Waals surface area contributed by atoms with Crippen molar-refractivity contribution < 1.29 is 38.0 Å². The maximum atomic E-state index is 14.7. The van der Waals surface area contributed by atoms with Crippen molar-refractivity contribution in [2.45, 2.75) is 26.2 Å². The number of halogens is 1. The van der Waals surface area contributed by atoms with Crippen LogP contribution in [0.4, 0.5) is 4.39 Å². The second-order valence-corrected chi connectivity index (χ2v) is 10.6. The number of hydrogen-bond donors (Lipinski definition) is 1. The second kappa shape index (κ2) is 12.2. The number of benzene rings is 3. The zero-order valence-corrected chi connectivity index (χ0v) is 24.3. The molecule has 1 heterocycles. The predicted molar refractivity (Wildman–Crippen MR) is 155 cm³/mol. The molecule has 0 radical (unpaired) electrons. The van der Waals surface area contributed by atoms with Gasteiger partial charge in [-0.3, -0.25) is 4.79 Å². The van der Waals surface area contributed by atoms with Crippen LogP contribution in [0.3, 0.4) is 0 Å². The molecule has 0 amide bonds. The summed E-state index contributed by atoms with van der Waals surface area (Å²) in [5, 5.41) is 10.5. The lowest BCUT2D eigenvalue weighted by Crippen LogP contribution is -2.15. The Balaban J connectivity index is 1.67. The number of fused-ring (bicyclic) bond motifs is 1. The van der Waals surface area contributed by atoms with E-state index in [2.05, 4.69) is 8.75 Å². The quantitative estimate of drug-likeness (QED) is 0.158. The number of ketones is 1. The molecule has 5 rings (SSSR count). The number of rotatable bonds is 12. The van der Waals surface area contributed by atoms with Gasteiger partial charge in [0, 0.05) is 17.6 Å². The summed E-state index contributed by atoms with van der Waals surface area (Å²) in [5.41, 5.74) is 2.35. The monoisotopic (exact) mass is 592 g/mol. The van der Waals surface area contributed by atoms with Gasteiger partial charge < -0.3 is 24.1 Å². The van der Waals surface area contributed by atoms with Gasteiger partial charge in [0.1, 0.15) is 11.0 Å². The molecule has 4 aromatic rings. The SMILES string of the molecule is COc1ccc(C(=O)C(Cc2cc(OC)c(OCC3CC3)c(OC)c2)=C(C(=O)O)c2cc(C)c3nsnc3c2)cc1F. The van der Waals surface area contributed by atoms with E-state index in [4.69, 9.17) is 18.9 Å². The van der Waals surface area contributed by atoms with Crippen molar-refractivity contribution in [3.8, 4) is 23.0 Å². The average molecular weight is 593 g/mol. The number of nitrogens with zero attached hydrogens (tertiary/aromatic N) is 2. The number of hydrogen-bond acceptors (Lipinski definition) is 9. The Labute approximate surface area is 245 Å². The summed E-state index contributed by atoms with van der Waals surface area (Å²) in [4.78, 5) is 26.9. The molecule has 1 aliphatic carbocycles. The molecule has 11 heteroatoms. The van der Waals surface area contributed by atoms with Crippen LogP contribution in [-0.4, -0.2) is 53.5 Å². The van der Waals surface area contributed by atoms with Crippen LogP contribution in [0.25, 0.3) is 16.6 Å². The Morgan fingerprint density at radius 3 is 2.24 bits per heavy atom. The van der Waals surface area contributed by atoms with E-state index in [0.29, 0.717) is 51.9 Å². The van der Waals surface area contributed by atoms with Crippen molar-refractivity contribution in [3.63, 3.8) is 0 Å². The summed E-state index contributed by atoms with van der Waals surface area (Å²) in [6.07, 6.45) is 2.08. The van der Waals surface area contributed by atoms with E-state index in [0.717, 1.165) is 30.6 Å². The fraction of sp³-hybridized carbons (Fsp3) is 0.290. The third-order valence-electron chi connectivity index (χ3n) is 7.11. The van der Waals surface area contributed by atoms with Gasteiger partial charge in [0.15, 0.2) is 28.8 Å². The number of carbonyl (C=O) groups excluding carboxylic acids is 1. The van der Waals surface area contributed by atoms with Gasteiger partial charge in [0.2, 0.25) is 5.75 Å². The number of aryl methyl sites for hydroxylation is 1. The van der Waals surface area contributed by atoms with Gasteiger partial charge in [-0.05, 0) is 84.8 Å². The van der Waals surface area contributed by atoms with Gasteiger partial charge in [-0.15, -0.1) is 0 Å². The van der Waals surface area contributed by atoms with E-state index in [1.54, 1.807) is 31.2 Å². The Bertz CT molecular complexity index is 1690. The molecule has 1 fully saturated rings. The van der Waals surface area contributed by atoms with Crippen LogP contribution in [0.1, 0.15) is 39.9 Å². The Morgan fingerprint density at radius 2 is 1.64 bits per heavy atom. The summed E-state index contributed by atoms with van der Waals surface area (Å²) < 4.78 is 45.4. The number of allylic oxidation sites excluding steroid dienone is 1. The van der Waals surface area contributed by atoms with Crippen LogP contribution in [0, 0.1) is 18.7 Å². The Morgan fingerprint density at radius 1 is 0.952 bits per heavy atom. The van der Waals surface area contributed by atoms with Crippen LogP contribution >= 0.6 is 11.7 Å². The zero-order valence-electron chi connectivity index (χ0n) is 23.5. The van der Waals surface area contributed by atoms with E-state index in [-0.39, 0.29) is 34.4 Å². The zero-order chi connectivity index (χ0) is 30.0. The van der Waals surface area contributed by atoms with Crippen molar-refractivity contribution in [2.24, 2.45) is 5.92 Å². The molecule has 218 valence electrons. The lowest BCUT2D eigenvalue weighted by molar-refractivity contribution is -0.130. The van der Waals surface area contributed by atoms with Crippen LogP contribution < -0.4 is 18.9 Å². The highest BCUT2D eigenvalue weighted by Crippen LogP contribution is 2.41. The van der Waals surface area contributed by atoms with Crippen molar-refractivity contribution >= 4 is 40.1 Å². The normalized spacial score (nSPS) is 13.5. The first kappa shape index (κ1) is 29.0. The topological polar surface area (TPSA) is 117 Å². The first-order valence-electron chi connectivity index (χ1n) is 13.2. The van der Waals surface area contributed by atoms with Gasteiger partial charge in [-0.2, -0.15) is 8.75 Å². The lowest BCUT2D eigenvalue weighted by Gasteiger charge is -2.18. The Hall–Kier alpha value is -4.51. The molecule has 0 spiro atoms. The molecule has 1 saturated carbocycles. The number of Topliss-reactive ketones (excluding diaryl/α,β-unsaturated/α-hetero) is 1. The molecule has 0 saturated heterocycles. The van der Waals surface area contributed by atoms with Crippen molar-refractivity contribution in [3.05, 3.63) is 76.1 Å². The van der Waals surface area contributed by atoms with Gasteiger partial charge in [-0.1, -0.05) is 0 Å². The maximum absolute atomic E-state index is 14.7. The number of aliphatic carboxylic acids is 1. The molecule has 3 aromatic carbocycles. The van der Waals surface area contributed by atoms with Crippen molar-refractivity contribution in [1.82, 2.24) is 8.75 Å². The molecular formula is C31H29FN2O7S. The molecule has 0 atom stereocenters. The molecule has 0 aliphatic heterocycles. The molecule has 0 unspecified atom stereocenters. The van der Waals surface area contributed by atoms with Gasteiger partial charge in [0.25, 0.3) is 0 Å². The lowest BCUT2D eigenvalue weighted by atomic mass is 9.88. The smallest absolute Gasteiger partial charge is 0.336 e. The van der Waals surface area contributed by atoms with E-state index in [1.807, 2.05) is 0 Å². The first-order chi connectivity index (χ1) is 20.2. The molecule has 0 bridgehead atoms.